The fourth-order valence-corrected chi connectivity index (χ4v) is 6.57. The van der Waals surface area contributed by atoms with Gasteiger partial charge in [0.1, 0.15) is 11.5 Å². The van der Waals surface area contributed by atoms with E-state index in [0.717, 1.165) is 81.8 Å². The molecule has 57 heavy (non-hydrogen) atoms. The largest absolute Gasteiger partial charge is 0.497 e. The topological polar surface area (TPSA) is 139 Å². The zero-order valence-electron chi connectivity index (χ0n) is 35.1. The van der Waals surface area contributed by atoms with E-state index in [2.05, 4.69) is 106 Å². The summed E-state index contributed by atoms with van der Waals surface area (Å²) < 4.78 is 11.1. The van der Waals surface area contributed by atoms with Crippen molar-refractivity contribution in [3.05, 3.63) is 89.5 Å². The van der Waals surface area contributed by atoms with Gasteiger partial charge in [0.05, 0.1) is 47.8 Å². The van der Waals surface area contributed by atoms with E-state index >= 15 is 0 Å². The number of rotatable bonds is 16. The van der Waals surface area contributed by atoms with Crippen molar-refractivity contribution in [2.45, 2.75) is 104 Å². The van der Waals surface area contributed by atoms with Crippen LogP contribution < -0.4 is 30.7 Å². The predicted octanol–water partition coefficient (Wildman–Crippen LogP) is 9.23. The molecule has 2 amide bonds. The van der Waals surface area contributed by atoms with E-state index in [1.54, 1.807) is 20.3 Å². The van der Waals surface area contributed by atoms with Crippen LogP contribution >= 0.6 is 12.4 Å². The van der Waals surface area contributed by atoms with Gasteiger partial charge in [-0.05, 0) is 69.9 Å². The van der Waals surface area contributed by atoms with Gasteiger partial charge in [0.25, 0.3) is 11.8 Å². The summed E-state index contributed by atoms with van der Waals surface area (Å²) in [6.45, 7) is 18.1. The van der Waals surface area contributed by atoms with Crippen LogP contribution in [0.1, 0.15) is 113 Å². The molecule has 11 nitrogen and oxygen atoms in total. The summed E-state index contributed by atoms with van der Waals surface area (Å²) in [5, 5.41) is 15.2. The van der Waals surface area contributed by atoms with Gasteiger partial charge in [0.2, 0.25) is 0 Å². The molecule has 3 aromatic heterocycles. The summed E-state index contributed by atoms with van der Waals surface area (Å²) in [6, 6.07) is 18.1. The van der Waals surface area contributed by atoms with E-state index in [4.69, 9.17) is 19.4 Å². The first-order valence-electron chi connectivity index (χ1n) is 19.6. The fraction of sp³-hybridized carbons (Fsp3) is 0.444. The van der Waals surface area contributed by atoms with Gasteiger partial charge in [0, 0.05) is 82.7 Å². The molecule has 2 unspecified atom stereocenters. The Morgan fingerprint density at radius 3 is 1.51 bits per heavy atom. The van der Waals surface area contributed by atoms with Gasteiger partial charge in [0.15, 0.2) is 0 Å². The van der Waals surface area contributed by atoms with Crippen LogP contribution in [0.15, 0.2) is 67.0 Å². The maximum atomic E-state index is 13.3. The SMILES string of the molecule is COc1cc(NC(C)CCCNC(=O)c2ccncc2C(=O)NCCCC(C)Nc2cc(OC)cc3ccc(C(C)(C)C)nc23)c2nc(C(C)(C)C)ccc2c1.Cl. The molecular formula is C45H60ClN7O4. The Bertz CT molecular complexity index is 2010. The number of benzene rings is 2. The van der Waals surface area contributed by atoms with E-state index in [9.17, 15) is 9.59 Å². The van der Waals surface area contributed by atoms with Crippen molar-refractivity contribution in [2.75, 3.05) is 37.9 Å². The number of fused-ring (bicyclic) bond motifs is 2. The van der Waals surface area contributed by atoms with Gasteiger partial charge in [-0.1, -0.05) is 53.7 Å². The summed E-state index contributed by atoms with van der Waals surface area (Å²) >= 11 is 0. The highest BCUT2D eigenvalue weighted by Gasteiger charge is 2.21. The number of aromatic nitrogens is 3. The van der Waals surface area contributed by atoms with Gasteiger partial charge in [-0.25, -0.2) is 0 Å². The van der Waals surface area contributed by atoms with E-state index in [1.807, 2.05) is 24.3 Å². The van der Waals surface area contributed by atoms with Crippen LogP contribution in [0.25, 0.3) is 21.8 Å². The number of nitrogens with zero attached hydrogens (tertiary/aromatic N) is 3. The number of hydrogen-bond acceptors (Lipinski definition) is 9. The number of methoxy groups -OCH3 is 2. The monoisotopic (exact) mass is 797 g/mol. The Hall–Kier alpha value is -5.16. The predicted molar refractivity (Wildman–Crippen MR) is 235 cm³/mol. The maximum Gasteiger partial charge on any atom is 0.253 e. The molecule has 0 radical (unpaired) electrons. The van der Waals surface area contributed by atoms with E-state index in [0.29, 0.717) is 18.7 Å². The highest BCUT2D eigenvalue weighted by Crippen LogP contribution is 2.33. The normalized spacial score (nSPS) is 12.7. The lowest BCUT2D eigenvalue weighted by molar-refractivity contribution is 0.0918. The number of nitrogens with one attached hydrogen (secondary N) is 4. The van der Waals surface area contributed by atoms with Crippen molar-refractivity contribution < 1.29 is 19.1 Å². The van der Waals surface area contributed by atoms with Gasteiger partial charge >= 0.3 is 0 Å². The molecule has 4 N–H and O–H groups in total. The van der Waals surface area contributed by atoms with Crippen molar-refractivity contribution in [1.29, 1.82) is 0 Å². The molecule has 5 rings (SSSR count). The van der Waals surface area contributed by atoms with E-state index < -0.39 is 0 Å². The number of amides is 2. The Kier molecular flexibility index (Phi) is 15.1. The van der Waals surface area contributed by atoms with Crippen molar-refractivity contribution in [3.63, 3.8) is 0 Å². The van der Waals surface area contributed by atoms with Gasteiger partial charge in [-0.15, -0.1) is 12.4 Å². The Labute approximate surface area is 343 Å². The summed E-state index contributed by atoms with van der Waals surface area (Å²) in [4.78, 5) is 40.6. The lowest BCUT2D eigenvalue weighted by Crippen LogP contribution is -2.31. The smallest absolute Gasteiger partial charge is 0.253 e. The quantitative estimate of drug-likeness (QED) is 0.0720. The third kappa shape index (κ3) is 11.7. The number of hydrogen-bond donors (Lipinski definition) is 4. The molecule has 0 bridgehead atoms. The van der Waals surface area contributed by atoms with Crippen molar-refractivity contribution >= 4 is 57.4 Å². The summed E-state index contributed by atoms with van der Waals surface area (Å²) in [7, 11) is 3.33. The standard InChI is InChI=1S/C45H59N7O4.ClH/c1-28(49-36-25-32(55-9)23-30-15-17-38(44(3,4)5)51-40(30)36)13-11-20-47-42(53)34-19-22-46-27-35(34)43(54)48-21-12-14-29(2)50-37-26-33(56-10)24-31-16-18-39(45(6,7)8)52-41(31)37;/h15-19,22-29,49-50H,11-14,20-21H2,1-10H3,(H,47,53)(H,48,54);1H. The third-order valence-electron chi connectivity index (χ3n) is 9.85. The number of ether oxygens (including phenoxy) is 2. The highest BCUT2D eigenvalue weighted by atomic mass is 35.5. The minimum absolute atomic E-state index is 0. The Balaban J connectivity index is 0.00000720. The highest BCUT2D eigenvalue weighted by molar-refractivity contribution is 6.07. The average Bonchev–Trinajstić information content (AvgIpc) is 3.16. The zero-order valence-corrected chi connectivity index (χ0v) is 35.9. The minimum atomic E-state index is -0.326. The van der Waals surface area contributed by atoms with Gasteiger partial charge in [-0.3, -0.25) is 24.5 Å². The molecule has 0 fully saturated rings. The van der Waals surface area contributed by atoms with Crippen LogP contribution in [0, 0.1) is 0 Å². The van der Waals surface area contributed by atoms with Crippen molar-refractivity contribution in [2.24, 2.45) is 0 Å². The second-order valence-corrected chi connectivity index (χ2v) is 16.7. The van der Waals surface area contributed by atoms with Crippen LogP contribution in [0.3, 0.4) is 0 Å². The van der Waals surface area contributed by atoms with Crippen LogP contribution in [0.5, 0.6) is 11.5 Å². The number of pyridine rings is 3. The van der Waals surface area contributed by atoms with Gasteiger partial charge in [-0.2, -0.15) is 0 Å². The molecule has 0 saturated carbocycles. The Morgan fingerprint density at radius 2 is 1.09 bits per heavy atom. The molecule has 0 spiro atoms. The molecule has 306 valence electrons. The molecule has 0 aliphatic heterocycles. The first-order chi connectivity index (χ1) is 26.6. The first-order valence-corrected chi connectivity index (χ1v) is 19.6. The molecule has 0 aliphatic carbocycles. The summed E-state index contributed by atoms with van der Waals surface area (Å²) in [5.74, 6) is 0.897. The van der Waals surface area contributed by atoms with E-state index in [1.165, 1.54) is 12.4 Å². The molecular weight excluding hydrogens is 738 g/mol. The lowest BCUT2D eigenvalue weighted by Gasteiger charge is -2.21. The van der Waals surface area contributed by atoms with Crippen LogP contribution in [0.2, 0.25) is 0 Å². The molecule has 3 heterocycles. The first kappa shape index (κ1) is 44.6. The zero-order chi connectivity index (χ0) is 40.6. The molecule has 12 heteroatoms. The second-order valence-electron chi connectivity index (χ2n) is 16.7. The van der Waals surface area contributed by atoms with Crippen LogP contribution in [0.4, 0.5) is 11.4 Å². The summed E-state index contributed by atoms with van der Waals surface area (Å²) in [6.07, 6.45) is 6.05. The molecule has 2 atom stereocenters. The van der Waals surface area contributed by atoms with Crippen LogP contribution in [-0.4, -0.2) is 66.2 Å². The molecule has 5 aromatic rings. The fourth-order valence-electron chi connectivity index (χ4n) is 6.57. The van der Waals surface area contributed by atoms with Gasteiger partial charge < -0.3 is 30.7 Å². The number of halogens is 1. The number of carbonyl (C=O) groups excluding carboxylic acids is 2. The maximum absolute atomic E-state index is 13.3. The second kappa shape index (κ2) is 19.3. The minimum Gasteiger partial charge on any atom is -0.497 e. The lowest BCUT2D eigenvalue weighted by atomic mass is 9.91. The molecule has 0 saturated heterocycles. The van der Waals surface area contributed by atoms with E-state index in [-0.39, 0.29) is 52.7 Å². The average molecular weight is 798 g/mol. The van der Waals surface area contributed by atoms with Crippen LogP contribution in [-0.2, 0) is 10.8 Å². The molecule has 2 aromatic carbocycles. The number of anilines is 2. The molecule has 0 aliphatic rings. The summed E-state index contributed by atoms with van der Waals surface area (Å²) in [5.41, 5.74) is 6.07. The third-order valence-corrected chi connectivity index (χ3v) is 9.85. The number of carbonyl (C=O) groups is 2. The Morgan fingerprint density at radius 1 is 0.649 bits per heavy atom. The van der Waals surface area contributed by atoms with Crippen molar-refractivity contribution in [3.8, 4) is 11.5 Å². The van der Waals surface area contributed by atoms with Crippen molar-refractivity contribution in [1.82, 2.24) is 25.6 Å².